The van der Waals surface area contributed by atoms with Gasteiger partial charge < -0.3 is 9.84 Å². The maximum Gasteiger partial charge on any atom is 0.306 e. The molecule has 0 radical (unpaired) electrons. The van der Waals surface area contributed by atoms with Crippen molar-refractivity contribution >= 4 is 28.6 Å². The zero-order valence-electron chi connectivity index (χ0n) is 19.8. The van der Waals surface area contributed by atoms with Crippen LogP contribution in [0.5, 0.6) is 0 Å². The Hall–Kier alpha value is -1.61. The van der Waals surface area contributed by atoms with E-state index in [1.165, 1.54) is 19.1 Å². The lowest BCUT2D eigenvalue weighted by Crippen LogP contribution is -2.70. The second-order valence-electron chi connectivity index (χ2n) is 10.6. The van der Waals surface area contributed by atoms with Gasteiger partial charge in [0.25, 0.3) is 0 Å². The number of hydrogen-bond donors (Lipinski definition) is 1. The van der Waals surface area contributed by atoms with Gasteiger partial charge in [-0.2, -0.15) is 0 Å². The van der Waals surface area contributed by atoms with E-state index in [4.69, 9.17) is 4.74 Å². The SMILES string of the molecule is CCC(=O)O[C@]1(C(=O)SCF)[C@H](C)C[C@H]2C3C[C@H](F)C4=CC(=O)C=C[C@@]4(C)[C@@]3(F)C(O)CC21C. The van der Waals surface area contributed by atoms with Crippen LogP contribution in [0.25, 0.3) is 0 Å². The number of halogens is 3. The molecule has 3 unspecified atom stereocenters. The number of ether oxygens (including phenoxy) is 1. The van der Waals surface area contributed by atoms with Gasteiger partial charge in [0.05, 0.1) is 6.10 Å². The quantitative estimate of drug-likeness (QED) is 0.576. The predicted octanol–water partition coefficient (Wildman–Crippen LogP) is 4.43. The molecule has 3 saturated carbocycles. The zero-order valence-corrected chi connectivity index (χ0v) is 20.6. The molecule has 5 nitrogen and oxygen atoms in total. The number of esters is 1. The molecule has 0 aromatic heterocycles. The molecule has 9 atom stereocenters. The number of aliphatic hydroxyl groups excluding tert-OH is 1. The van der Waals surface area contributed by atoms with Gasteiger partial charge >= 0.3 is 5.97 Å². The fourth-order valence-electron chi connectivity index (χ4n) is 7.63. The normalized spacial score (nSPS) is 47.4. The van der Waals surface area contributed by atoms with Crippen LogP contribution in [0, 0.1) is 28.6 Å². The Morgan fingerprint density at radius 2 is 1.94 bits per heavy atom. The van der Waals surface area contributed by atoms with Gasteiger partial charge in [0.15, 0.2) is 17.1 Å². The molecule has 0 spiro atoms. The average Bonchev–Trinajstić information content (AvgIpc) is 2.99. The van der Waals surface area contributed by atoms with Crippen LogP contribution in [0.1, 0.15) is 53.4 Å². The van der Waals surface area contributed by atoms with E-state index in [2.05, 4.69) is 0 Å². The topological polar surface area (TPSA) is 80.7 Å². The molecule has 0 aromatic rings. The number of alkyl halides is 3. The number of carbonyl (C=O) groups excluding carboxylic acids is 3. The molecule has 3 fully saturated rings. The van der Waals surface area contributed by atoms with E-state index in [-0.39, 0.29) is 31.3 Å². The molecule has 0 heterocycles. The smallest absolute Gasteiger partial charge is 0.306 e. The van der Waals surface area contributed by atoms with Gasteiger partial charge in [0.1, 0.15) is 12.2 Å². The van der Waals surface area contributed by atoms with Gasteiger partial charge in [-0.05, 0) is 61.6 Å². The van der Waals surface area contributed by atoms with E-state index in [1.807, 2.05) is 0 Å². The van der Waals surface area contributed by atoms with Crippen LogP contribution >= 0.6 is 11.8 Å². The lowest BCUT2D eigenvalue weighted by Gasteiger charge is -2.63. The van der Waals surface area contributed by atoms with Crippen molar-refractivity contribution in [3.05, 3.63) is 23.8 Å². The molecule has 1 N–H and O–H groups in total. The third kappa shape index (κ3) is 3.01. The Bertz CT molecular complexity index is 984. The van der Waals surface area contributed by atoms with Crippen LogP contribution in [0.4, 0.5) is 13.2 Å². The minimum Gasteiger partial charge on any atom is -0.449 e. The van der Waals surface area contributed by atoms with Crippen molar-refractivity contribution in [3.8, 4) is 0 Å². The van der Waals surface area contributed by atoms with Gasteiger partial charge in [-0.15, -0.1) is 0 Å². The largest absolute Gasteiger partial charge is 0.449 e. The number of carbonyl (C=O) groups is 3. The third-order valence-electron chi connectivity index (χ3n) is 9.22. The molecular weight excluding hydrogens is 469 g/mol. The summed E-state index contributed by atoms with van der Waals surface area (Å²) in [5.74, 6) is -3.30. The molecule has 0 bridgehead atoms. The highest BCUT2D eigenvalue weighted by Crippen LogP contribution is 2.72. The van der Waals surface area contributed by atoms with Crippen molar-refractivity contribution in [3.63, 3.8) is 0 Å². The minimum atomic E-state index is -2.30. The molecule has 0 aromatic carbocycles. The van der Waals surface area contributed by atoms with Gasteiger partial charge in [0.2, 0.25) is 5.12 Å². The Morgan fingerprint density at radius 3 is 2.56 bits per heavy atom. The molecule has 0 aliphatic heterocycles. The van der Waals surface area contributed by atoms with E-state index >= 15 is 8.78 Å². The van der Waals surface area contributed by atoms with E-state index < -0.39 is 75.0 Å². The van der Waals surface area contributed by atoms with Crippen molar-refractivity contribution < 1.29 is 37.4 Å². The van der Waals surface area contributed by atoms with E-state index in [1.54, 1.807) is 20.8 Å². The first-order valence-electron chi connectivity index (χ1n) is 11.7. The number of hydrogen-bond acceptors (Lipinski definition) is 6. The summed E-state index contributed by atoms with van der Waals surface area (Å²) in [6, 6.07) is -1.02. The summed E-state index contributed by atoms with van der Waals surface area (Å²) in [6.45, 7) is 6.45. The molecule has 0 saturated heterocycles. The molecule has 4 aliphatic rings. The summed E-state index contributed by atoms with van der Waals surface area (Å²) >= 11 is 0.396. The van der Waals surface area contributed by atoms with E-state index in [9.17, 15) is 23.9 Å². The maximum atomic E-state index is 17.2. The molecule has 4 rings (SSSR count). The molecule has 0 amide bonds. The molecule has 188 valence electrons. The van der Waals surface area contributed by atoms with Crippen molar-refractivity contribution in [1.29, 1.82) is 0 Å². The second kappa shape index (κ2) is 8.22. The highest BCUT2D eigenvalue weighted by molar-refractivity contribution is 8.13. The number of ketones is 1. The maximum absolute atomic E-state index is 17.2. The van der Waals surface area contributed by atoms with Crippen LogP contribution in [-0.4, -0.2) is 51.5 Å². The van der Waals surface area contributed by atoms with Crippen LogP contribution in [0.2, 0.25) is 0 Å². The Morgan fingerprint density at radius 1 is 1.26 bits per heavy atom. The fraction of sp³-hybridized carbons (Fsp3) is 0.720. The standard InChI is InChI=1S/C25H31F3O5S/c1-5-20(31)33-25(21(32)34-12-26)13(2)8-15-16-10-18(27)17-9-14(29)6-7-22(17,3)24(16,28)19(30)11-23(15,25)4/h6-7,9,13,15-16,18-19,30H,5,8,10-12H2,1-4H3/t13-,15+,16?,18+,19?,22-,23?,24+,25+/m1/s1. The summed E-state index contributed by atoms with van der Waals surface area (Å²) in [4.78, 5) is 37.8. The number of allylic oxidation sites excluding steroid dienone is 4. The van der Waals surface area contributed by atoms with Crippen molar-refractivity contribution in [2.24, 2.45) is 28.6 Å². The Labute approximate surface area is 201 Å². The molecular formula is C25H31F3O5S. The molecule has 9 heteroatoms. The Balaban J connectivity index is 1.87. The lowest BCUT2D eigenvalue weighted by atomic mass is 9.44. The number of fused-ring (bicyclic) bond motifs is 5. The van der Waals surface area contributed by atoms with Crippen LogP contribution in [0.15, 0.2) is 23.8 Å². The number of thioether (sulfide) groups is 1. The first-order chi connectivity index (χ1) is 15.8. The third-order valence-corrected chi connectivity index (χ3v) is 9.90. The first-order valence-corrected chi connectivity index (χ1v) is 12.7. The summed E-state index contributed by atoms with van der Waals surface area (Å²) < 4.78 is 51.8. The van der Waals surface area contributed by atoms with Crippen molar-refractivity contribution in [1.82, 2.24) is 0 Å². The van der Waals surface area contributed by atoms with Gasteiger partial charge in [-0.1, -0.05) is 26.8 Å². The minimum absolute atomic E-state index is 0.0141. The van der Waals surface area contributed by atoms with Crippen LogP contribution in [0.3, 0.4) is 0 Å². The van der Waals surface area contributed by atoms with Crippen LogP contribution in [-0.2, 0) is 19.1 Å². The van der Waals surface area contributed by atoms with Gasteiger partial charge in [0, 0.05) is 29.1 Å². The predicted molar refractivity (Wildman–Crippen MR) is 121 cm³/mol. The summed E-state index contributed by atoms with van der Waals surface area (Å²) in [6.07, 6.45) is 0.160. The molecule has 34 heavy (non-hydrogen) atoms. The van der Waals surface area contributed by atoms with Gasteiger partial charge in [-0.25, -0.2) is 13.2 Å². The highest BCUT2D eigenvalue weighted by Gasteiger charge is 2.78. The van der Waals surface area contributed by atoms with Crippen molar-refractivity contribution in [2.45, 2.75) is 76.9 Å². The summed E-state index contributed by atoms with van der Waals surface area (Å²) in [5.41, 5.74) is -6.84. The van der Waals surface area contributed by atoms with Gasteiger partial charge in [-0.3, -0.25) is 14.4 Å². The number of rotatable bonds is 4. The van der Waals surface area contributed by atoms with E-state index in [0.717, 1.165) is 6.08 Å². The summed E-state index contributed by atoms with van der Waals surface area (Å²) in [7, 11) is 0. The lowest BCUT2D eigenvalue weighted by molar-refractivity contribution is -0.228. The Kier molecular flexibility index (Phi) is 6.16. The van der Waals surface area contributed by atoms with Crippen LogP contribution < -0.4 is 0 Å². The zero-order chi connectivity index (χ0) is 25.3. The van der Waals surface area contributed by atoms with Crippen molar-refractivity contribution in [2.75, 3.05) is 6.01 Å². The first kappa shape index (κ1) is 25.5. The average molecular weight is 501 g/mol. The highest BCUT2D eigenvalue weighted by atomic mass is 32.2. The molecule has 4 aliphatic carbocycles. The fourth-order valence-corrected chi connectivity index (χ4v) is 8.42. The second-order valence-corrected chi connectivity index (χ2v) is 11.5. The van der Waals surface area contributed by atoms with E-state index in [0.29, 0.717) is 11.8 Å². The number of aliphatic hydroxyl groups is 1. The monoisotopic (exact) mass is 500 g/mol. The summed E-state index contributed by atoms with van der Waals surface area (Å²) in [5, 5.41) is 10.7.